The molecule has 0 saturated heterocycles. The molecule has 1 aliphatic rings. The average Bonchev–Trinajstić information content (AvgIpc) is 3.34. The highest BCUT2D eigenvalue weighted by Crippen LogP contribution is 2.33. The van der Waals surface area contributed by atoms with Crippen molar-refractivity contribution >= 4 is 11.8 Å². The summed E-state index contributed by atoms with van der Waals surface area (Å²) >= 11 is 0. The molecule has 2 atom stereocenters. The third-order valence-corrected chi connectivity index (χ3v) is 4.30. The summed E-state index contributed by atoms with van der Waals surface area (Å²) in [6.45, 7) is 1.95. The van der Waals surface area contributed by atoms with Crippen LogP contribution < -0.4 is 10.6 Å². The fourth-order valence-electron chi connectivity index (χ4n) is 2.61. The van der Waals surface area contributed by atoms with Gasteiger partial charge in [0.25, 0.3) is 0 Å². The quantitative estimate of drug-likeness (QED) is 0.757. The fourth-order valence-corrected chi connectivity index (χ4v) is 2.61. The van der Waals surface area contributed by atoms with Crippen molar-refractivity contribution in [2.75, 3.05) is 5.32 Å². The molecule has 140 valence electrons. The van der Waals surface area contributed by atoms with Gasteiger partial charge in [-0.3, -0.25) is 5.32 Å². The topological polar surface area (TPSA) is 79.2 Å². The first-order chi connectivity index (χ1) is 12.2. The first-order valence-corrected chi connectivity index (χ1v) is 8.22. The number of benzene rings is 1. The van der Waals surface area contributed by atoms with E-state index in [0.717, 1.165) is 12.8 Å². The number of alkyl halides is 3. The number of urea groups is 1. The molecule has 2 aromatic rings. The first-order valence-electron chi connectivity index (χ1n) is 8.22. The number of amides is 2. The number of hydrogen-bond donors (Lipinski definition) is 3. The van der Waals surface area contributed by atoms with Gasteiger partial charge in [-0.1, -0.05) is 12.1 Å². The molecular formula is C17H19F3N4O2. The molecule has 0 radical (unpaired) electrons. The van der Waals surface area contributed by atoms with E-state index in [4.69, 9.17) is 0 Å². The van der Waals surface area contributed by atoms with E-state index < -0.39 is 12.3 Å². The number of aromatic nitrogens is 2. The lowest BCUT2D eigenvalue weighted by Gasteiger charge is -2.15. The Balaban J connectivity index is 1.63. The molecule has 1 heterocycles. The molecule has 6 nitrogen and oxygen atoms in total. The second kappa shape index (κ2) is 6.99. The zero-order valence-electron chi connectivity index (χ0n) is 14.0. The summed E-state index contributed by atoms with van der Waals surface area (Å²) in [5.41, 5.74) is 0.253. The number of aliphatic hydroxyl groups is 1. The lowest BCUT2D eigenvalue weighted by atomic mass is 10.1. The summed E-state index contributed by atoms with van der Waals surface area (Å²) in [5.74, 6) is 0.855. The van der Waals surface area contributed by atoms with Gasteiger partial charge < -0.3 is 10.4 Å². The molecule has 1 aromatic carbocycles. The maximum absolute atomic E-state index is 12.5. The van der Waals surface area contributed by atoms with Gasteiger partial charge in [0, 0.05) is 18.3 Å². The van der Waals surface area contributed by atoms with E-state index in [1.165, 1.54) is 28.9 Å². The van der Waals surface area contributed by atoms with Gasteiger partial charge in [-0.15, -0.1) is 5.10 Å². The van der Waals surface area contributed by atoms with E-state index in [-0.39, 0.29) is 17.6 Å². The minimum Gasteiger partial charge on any atom is -0.379 e. The Kier molecular flexibility index (Phi) is 4.90. The van der Waals surface area contributed by atoms with Crippen molar-refractivity contribution in [2.45, 2.75) is 38.1 Å². The monoisotopic (exact) mass is 368 g/mol. The molecule has 1 aliphatic carbocycles. The third-order valence-electron chi connectivity index (χ3n) is 4.30. The normalized spacial score (nSPS) is 16.8. The van der Waals surface area contributed by atoms with Gasteiger partial charge in [0.05, 0.1) is 5.69 Å². The zero-order chi connectivity index (χ0) is 18.9. The van der Waals surface area contributed by atoms with Crippen molar-refractivity contribution in [3.05, 3.63) is 42.1 Å². The van der Waals surface area contributed by atoms with Gasteiger partial charge >= 0.3 is 12.2 Å². The molecular weight excluding hydrogens is 349 g/mol. The number of aliphatic hydroxyl groups excluding tert-OH is 1. The number of nitrogens with one attached hydrogen (secondary N) is 2. The van der Waals surface area contributed by atoms with Gasteiger partial charge in [-0.2, -0.15) is 13.2 Å². The number of carbonyl (C=O) groups excluding carboxylic acids is 1. The highest BCUT2D eigenvalue weighted by atomic mass is 19.4. The minimum absolute atomic E-state index is 0.102. The van der Waals surface area contributed by atoms with Crippen LogP contribution in [0, 0.1) is 5.92 Å². The molecule has 0 spiro atoms. The Labute approximate surface area is 148 Å². The van der Waals surface area contributed by atoms with Gasteiger partial charge in [-0.25, -0.2) is 9.48 Å². The highest BCUT2D eigenvalue weighted by Gasteiger charge is 2.39. The molecule has 9 heteroatoms. The largest absolute Gasteiger partial charge is 0.418 e. The Bertz CT molecular complexity index is 769. The van der Waals surface area contributed by atoms with Crippen molar-refractivity contribution < 1.29 is 23.1 Å². The van der Waals surface area contributed by atoms with Crippen molar-refractivity contribution in [1.29, 1.82) is 0 Å². The molecule has 0 unspecified atom stereocenters. The van der Waals surface area contributed by atoms with E-state index in [2.05, 4.69) is 15.7 Å². The van der Waals surface area contributed by atoms with Crippen LogP contribution in [-0.4, -0.2) is 33.1 Å². The summed E-state index contributed by atoms with van der Waals surface area (Å²) < 4.78 is 39.0. The maximum Gasteiger partial charge on any atom is 0.418 e. The summed E-state index contributed by atoms with van der Waals surface area (Å²) in [6, 6.07) is 6.54. The SMILES string of the molecule is C[C@H](NC(=O)Nc1ccn(-c2ccc([C@H](O)C(F)(F)F)cc2)n1)C1CC1. The van der Waals surface area contributed by atoms with Gasteiger partial charge in [-0.05, 0) is 43.4 Å². The van der Waals surface area contributed by atoms with E-state index in [9.17, 15) is 23.1 Å². The van der Waals surface area contributed by atoms with Crippen LogP contribution in [0.3, 0.4) is 0 Å². The summed E-state index contributed by atoms with van der Waals surface area (Å²) in [7, 11) is 0. The van der Waals surface area contributed by atoms with Gasteiger partial charge in [0.1, 0.15) is 0 Å². The van der Waals surface area contributed by atoms with E-state index in [1.54, 1.807) is 12.3 Å². The Hall–Kier alpha value is -2.55. The smallest absolute Gasteiger partial charge is 0.379 e. The van der Waals surface area contributed by atoms with E-state index in [1.807, 2.05) is 6.92 Å². The van der Waals surface area contributed by atoms with Crippen LogP contribution in [0.4, 0.5) is 23.8 Å². The average molecular weight is 368 g/mol. The van der Waals surface area contributed by atoms with Crippen LogP contribution in [0.15, 0.2) is 36.5 Å². The van der Waals surface area contributed by atoms with Crippen molar-refractivity contribution in [3.8, 4) is 5.69 Å². The molecule has 1 saturated carbocycles. The van der Waals surface area contributed by atoms with Gasteiger partial charge in [0.2, 0.25) is 0 Å². The Morgan fingerprint density at radius 1 is 1.27 bits per heavy atom. The third kappa shape index (κ3) is 4.34. The predicted octanol–water partition coefficient (Wildman–Crippen LogP) is 3.39. The lowest BCUT2D eigenvalue weighted by molar-refractivity contribution is -0.206. The van der Waals surface area contributed by atoms with Crippen LogP contribution in [0.25, 0.3) is 5.69 Å². The minimum atomic E-state index is -4.71. The van der Waals surface area contributed by atoms with Crippen LogP contribution in [0.1, 0.15) is 31.4 Å². The van der Waals surface area contributed by atoms with Crippen LogP contribution in [0.2, 0.25) is 0 Å². The lowest BCUT2D eigenvalue weighted by Crippen LogP contribution is -2.37. The molecule has 3 rings (SSSR count). The Morgan fingerprint density at radius 2 is 1.92 bits per heavy atom. The molecule has 1 fully saturated rings. The van der Waals surface area contributed by atoms with Crippen molar-refractivity contribution in [3.63, 3.8) is 0 Å². The number of carbonyl (C=O) groups is 1. The second-order valence-electron chi connectivity index (χ2n) is 6.41. The second-order valence-corrected chi connectivity index (χ2v) is 6.41. The van der Waals surface area contributed by atoms with Crippen molar-refractivity contribution in [2.24, 2.45) is 5.92 Å². The molecule has 1 aromatic heterocycles. The fraction of sp³-hybridized carbons (Fsp3) is 0.412. The van der Waals surface area contributed by atoms with E-state index in [0.29, 0.717) is 17.4 Å². The first kappa shape index (κ1) is 18.2. The van der Waals surface area contributed by atoms with Gasteiger partial charge in [0.15, 0.2) is 11.9 Å². The Morgan fingerprint density at radius 3 is 2.50 bits per heavy atom. The number of hydrogen-bond acceptors (Lipinski definition) is 3. The van der Waals surface area contributed by atoms with Crippen LogP contribution in [-0.2, 0) is 0 Å². The molecule has 0 aliphatic heterocycles. The van der Waals surface area contributed by atoms with E-state index >= 15 is 0 Å². The maximum atomic E-state index is 12.5. The van der Waals surface area contributed by atoms with Crippen LogP contribution in [0.5, 0.6) is 0 Å². The summed E-state index contributed by atoms with van der Waals surface area (Å²) in [4.78, 5) is 11.9. The standard InChI is InChI=1S/C17H19F3N4O2/c1-10(11-2-3-11)21-16(26)22-14-8-9-24(23-14)13-6-4-12(5-7-13)15(25)17(18,19)20/h4-11,15,25H,2-3H2,1H3,(H2,21,22,23,26)/t10-,15-/m0/s1. The molecule has 26 heavy (non-hydrogen) atoms. The summed E-state index contributed by atoms with van der Waals surface area (Å²) in [5, 5.41) is 18.9. The molecule has 2 amide bonds. The molecule has 3 N–H and O–H groups in total. The van der Waals surface area contributed by atoms with Crippen molar-refractivity contribution in [1.82, 2.24) is 15.1 Å². The summed E-state index contributed by atoms with van der Waals surface area (Å²) in [6.07, 6.45) is -3.42. The number of nitrogens with zero attached hydrogens (tertiary/aromatic N) is 2. The number of halogens is 3. The predicted molar refractivity (Wildman–Crippen MR) is 88.9 cm³/mol. The molecule has 0 bridgehead atoms. The number of rotatable bonds is 5. The van der Waals surface area contributed by atoms with Crippen LogP contribution >= 0.6 is 0 Å². The highest BCUT2D eigenvalue weighted by molar-refractivity contribution is 5.88. The number of anilines is 1. The zero-order valence-corrected chi connectivity index (χ0v) is 14.0.